The molecule has 0 spiro atoms. The van der Waals surface area contributed by atoms with Gasteiger partial charge in [0.25, 0.3) is 0 Å². The van der Waals surface area contributed by atoms with Gasteiger partial charge in [0.1, 0.15) is 0 Å². The number of carboxylic acids is 1. The number of aliphatic carboxylic acids is 1. The molecule has 1 aliphatic carbocycles. The van der Waals surface area contributed by atoms with E-state index in [0.717, 1.165) is 0 Å². The molecule has 1 aromatic carbocycles. The summed E-state index contributed by atoms with van der Waals surface area (Å²) in [5, 5.41) is 9.41. The van der Waals surface area contributed by atoms with E-state index < -0.39 is 17.4 Å². The fraction of sp³-hybridized carbons (Fsp3) is 0.429. The monoisotopic (exact) mass is 280 g/mol. The third kappa shape index (κ3) is 2.07. The number of rotatable bonds is 5. The average molecular weight is 280 g/mol. The van der Waals surface area contributed by atoms with Crippen molar-refractivity contribution in [2.75, 3.05) is 21.3 Å². The lowest BCUT2D eigenvalue weighted by Gasteiger charge is -2.18. The molecule has 0 bridgehead atoms. The van der Waals surface area contributed by atoms with Crippen LogP contribution in [0, 0.1) is 0 Å². The van der Waals surface area contributed by atoms with Crippen LogP contribution in [0.2, 0.25) is 0 Å². The Hall–Kier alpha value is -2.24. The minimum absolute atomic E-state index is 0.243. The average Bonchev–Trinajstić information content (AvgIpc) is 3.26. The molecular formula is C14H16O6. The van der Waals surface area contributed by atoms with E-state index in [1.54, 1.807) is 0 Å². The van der Waals surface area contributed by atoms with Crippen LogP contribution >= 0.6 is 0 Å². The van der Waals surface area contributed by atoms with Crippen molar-refractivity contribution in [3.63, 3.8) is 0 Å². The van der Waals surface area contributed by atoms with Crippen LogP contribution in [0.5, 0.6) is 11.5 Å². The van der Waals surface area contributed by atoms with E-state index in [-0.39, 0.29) is 5.56 Å². The van der Waals surface area contributed by atoms with Gasteiger partial charge in [-0.25, -0.2) is 4.79 Å². The van der Waals surface area contributed by atoms with E-state index in [1.165, 1.54) is 33.5 Å². The second-order valence-electron chi connectivity index (χ2n) is 4.64. The summed E-state index contributed by atoms with van der Waals surface area (Å²) in [6.45, 7) is 0. The SMILES string of the molecule is COC(=O)c1cc(OC)c(OC)c(C2(C(=O)O)CC2)c1. The maximum Gasteiger partial charge on any atom is 0.337 e. The lowest BCUT2D eigenvalue weighted by molar-refractivity contribution is -0.140. The summed E-state index contributed by atoms with van der Waals surface area (Å²) in [6, 6.07) is 2.99. The molecule has 0 atom stereocenters. The van der Waals surface area contributed by atoms with Crippen molar-refractivity contribution in [2.24, 2.45) is 0 Å². The normalized spacial score (nSPS) is 15.3. The molecule has 108 valence electrons. The maximum absolute atomic E-state index is 11.7. The second kappa shape index (κ2) is 5.03. The summed E-state index contributed by atoms with van der Waals surface area (Å²) in [6.07, 6.45) is 1.01. The Morgan fingerprint density at radius 3 is 2.20 bits per heavy atom. The molecule has 0 aromatic heterocycles. The van der Waals surface area contributed by atoms with Crippen LogP contribution in [0.25, 0.3) is 0 Å². The summed E-state index contributed by atoms with van der Waals surface area (Å²) in [7, 11) is 4.14. The number of hydrogen-bond donors (Lipinski definition) is 1. The molecule has 0 heterocycles. The maximum atomic E-state index is 11.7. The fourth-order valence-electron chi connectivity index (χ4n) is 2.28. The van der Waals surface area contributed by atoms with E-state index >= 15 is 0 Å². The van der Waals surface area contributed by atoms with Gasteiger partial charge in [-0.05, 0) is 25.0 Å². The molecule has 1 aromatic rings. The molecule has 2 rings (SSSR count). The minimum atomic E-state index is -0.997. The molecule has 6 heteroatoms. The van der Waals surface area contributed by atoms with Crippen LogP contribution in [-0.2, 0) is 14.9 Å². The highest BCUT2D eigenvalue weighted by Gasteiger charge is 2.54. The van der Waals surface area contributed by atoms with E-state index in [1.807, 2.05) is 0 Å². The van der Waals surface area contributed by atoms with E-state index in [0.29, 0.717) is 29.9 Å². The highest BCUT2D eigenvalue weighted by atomic mass is 16.5. The summed E-state index contributed by atoms with van der Waals surface area (Å²) < 4.78 is 15.1. The number of ether oxygens (including phenoxy) is 3. The van der Waals surface area contributed by atoms with Gasteiger partial charge in [-0.2, -0.15) is 0 Å². The third-order valence-corrected chi connectivity index (χ3v) is 3.57. The Morgan fingerprint density at radius 1 is 1.15 bits per heavy atom. The van der Waals surface area contributed by atoms with Gasteiger partial charge in [-0.15, -0.1) is 0 Å². The van der Waals surface area contributed by atoms with Gasteiger partial charge in [-0.1, -0.05) is 0 Å². The summed E-state index contributed by atoms with van der Waals surface area (Å²) in [5.41, 5.74) is -0.303. The number of carbonyl (C=O) groups is 2. The van der Waals surface area contributed by atoms with E-state index in [2.05, 4.69) is 4.74 Å². The summed E-state index contributed by atoms with van der Waals surface area (Å²) in [5.74, 6) is -0.814. The lowest BCUT2D eigenvalue weighted by Crippen LogP contribution is -2.21. The Morgan fingerprint density at radius 2 is 1.80 bits per heavy atom. The lowest BCUT2D eigenvalue weighted by atomic mass is 9.92. The van der Waals surface area contributed by atoms with Gasteiger partial charge in [0.05, 0.1) is 32.3 Å². The molecule has 0 aliphatic heterocycles. The molecule has 6 nitrogen and oxygen atoms in total. The first-order valence-corrected chi connectivity index (χ1v) is 6.08. The smallest absolute Gasteiger partial charge is 0.337 e. The van der Waals surface area contributed by atoms with Gasteiger partial charge >= 0.3 is 11.9 Å². The van der Waals surface area contributed by atoms with Crippen molar-refractivity contribution < 1.29 is 28.9 Å². The van der Waals surface area contributed by atoms with Gasteiger partial charge in [-0.3, -0.25) is 4.79 Å². The number of esters is 1. The molecule has 1 aliphatic rings. The molecule has 20 heavy (non-hydrogen) atoms. The van der Waals surface area contributed by atoms with Crippen LogP contribution in [0.3, 0.4) is 0 Å². The number of carboxylic acid groups (broad SMARTS) is 1. The van der Waals surface area contributed by atoms with Crippen molar-refractivity contribution in [3.05, 3.63) is 23.3 Å². The Balaban J connectivity index is 2.64. The summed E-state index contributed by atoms with van der Waals surface area (Å²) >= 11 is 0. The number of carbonyl (C=O) groups excluding carboxylic acids is 1. The van der Waals surface area contributed by atoms with Crippen molar-refractivity contribution in [1.29, 1.82) is 0 Å². The molecule has 1 saturated carbocycles. The van der Waals surface area contributed by atoms with Gasteiger partial charge in [0.15, 0.2) is 11.5 Å². The van der Waals surface area contributed by atoms with Crippen LogP contribution in [0.4, 0.5) is 0 Å². The Bertz CT molecular complexity index is 559. The predicted molar refractivity (Wildman–Crippen MR) is 69.4 cm³/mol. The first-order chi connectivity index (χ1) is 9.50. The van der Waals surface area contributed by atoms with Crippen molar-refractivity contribution in [1.82, 2.24) is 0 Å². The molecule has 0 radical (unpaired) electrons. The molecule has 1 N–H and O–H groups in total. The van der Waals surface area contributed by atoms with Gasteiger partial charge in [0, 0.05) is 5.56 Å². The zero-order valence-corrected chi connectivity index (χ0v) is 11.6. The van der Waals surface area contributed by atoms with Crippen LogP contribution in [-0.4, -0.2) is 38.4 Å². The molecule has 0 saturated heterocycles. The zero-order chi connectivity index (χ0) is 14.9. The van der Waals surface area contributed by atoms with Crippen molar-refractivity contribution >= 4 is 11.9 Å². The van der Waals surface area contributed by atoms with Crippen LogP contribution in [0.1, 0.15) is 28.8 Å². The number of hydrogen-bond acceptors (Lipinski definition) is 5. The molecule has 0 amide bonds. The van der Waals surface area contributed by atoms with Crippen LogP contribution < -0.4 is 9.47 Å². The molecular weight excluding hydrogens is 264 g/mol. The molecule has 1 fully saturated rings. The largest absolute Gasteiger partial charge is 0.493 e. The van der Waals surface area contributed by atoms with Gasteiger partial charge < -0.3 is 19.3 Å². The predicted octanol–water partition coefficient (Wildman–Crippen LogP) is 1.61. The van der Waals surface area contributed by atoms with Crippen molar-refractivity contribution in [2.45, 2.75) is 18.3 Å². The second-order valence-corrected chi connectivity index (χ2v) is 4.64. The standard InChI is InChI=1S/C14H16O6/c1-18-10-7-8(12(15)20-3)6-9(11(10)19-2)14(4-5-14)13(16)17/h6-7H,4-5H2,1-3H3,(H,16,17). The molecule has 0 unspecified atom stereocenters. The quantitative estimate of drug-likeness (QED) is 0.825. The Labute approximate surface area is 116 Å². The third-order valence-electron chi connectivity index (χ3n) is 3.57. The summed E-state index contributed by atoms with van der Waals surface area (Å²) in [4.78, 5) is 23.2. The first kappa shape index (κ1) is 14.2. The van der Waals surface area contributed by atoms with Crippen molar-refractivity contribution in [3.8, 4) is 11.5 Å². The van der Waals surface area contributed by atoms with E-state index in [9.17, 15) is 14.7 Å². The fourth-order valence-corrected chi connectivity index (χ4v) is 2.28. The van der Waals surface area contributed by atoms with E-state index in [4.69, 9.17) is 9.47 Å². The topological polar surface area (TPSA) is 82.1 Å². The first-order valence-electron chi connectivity index (χ1n) is 6.08. The van der Waals surface area contributed by atoms with Crippen LogP contribution in [0.15, 0.2) is 12.1 Å². The highest BCUT2D eigenvalue weighted by molar-refractivity contribution is 5.93. The minimum Gasteiger partial charge on any atom is -0.493 e. The van der Waals surface area contributed by atoms with Gasteiger partial charge in [0.2, 0.25) is 0 Å². The Kier molecular flexibility index (Phi) is 3.57. The number of benzene rings is 1. The highest BCUT2D eigenvalue weighted by Crippen LogP contribution is 2.53. The zero-order valence-electron chi connectivity index (χ0n) is 11.6. The number of methoxy groups -OCH3 is 3.